The van der Waals surface area contributed by atoms with Crippen molar-refractivity contribution in [3.63, 3.8) is 0 Å². The Morgan fingerprint density at radius 2 is 1.97 bits per heavy atom. The zero-order valence-electron chi connectivity index (χ0n) is 16.7. The highest BCUT2D eigenvalue weighted by Gasteiger charge is 2.33. The van der Waals surface area contributed by atoms with Crippen molar-refractivity contribution in [2.75, 3.05) is 18.0 Å². The van der Waals surface area contributed by atoms with Crippen molar-refractivity contribution in [1.29, 1.82) is 0 Å². The van der Waals surface area contributed by atoms with Gasteiger partial charge in [0.05, 0.1) is 11.4 Å². The van der Waals surface area contributed by atoms with Crippen LogP contribution in [0.2, 0.25) is 0 Å². The van der Waals surface area contributed by atoms with E-state index in [4.69, 9.17) is 12.2 Å². The minimum Gasteiger partial charge on any atom is -0.371 e. The monoisotopic (exact) mass is 440 g/mol. The van der Waals surface area contributed by atoms with E-state index in [0.29, 0.717) is 15.1 Å². The molecule has 1 saturated carbocycles. The SMILES string of the molecule is O=C1/C(=C/c2ccc(N3CC[C@@H]4CCCC[C@H]4C3)cc2)SC(=S)N1Cc1nn[nH]n1. The maximum Gasteiger partial charge on any atom is 0.266 e. The van der Waals surface area contributed by atoms with E-state index in [1.54, 1.807) is 0 Å². The number of tetrazole rings is 1. The molecule has 7 nitrogen and oxygen atoms in total. The predicted molar refractivity (Wildman–Crippen MR) is 122 cm³/mol. The van der Waals surface area contributed by atoms with Crippen molar-refractivity contribution in [2.45, 2.75) is 38.6 Å². The van der Waals surface area contributed by atoms with Crippen LogP contribution in [0.1, 0.15) is 43.5 Å². The van der Waals surface area contributed by atoms with Crippen LogP contribution in [-0.2, 0) is 11.3 Å². The summed E-state index contributed by atoms with van der Waals surface area (Å²) in [7, 11) is 0. The Kier molecular flexibility index (Phi) is 5.56. The lowest BCUT2D eigenvalue weighted by atomic mass is 9.75. The summed E-state index contributed by atoms with van der Waals surface area (Å²) in [5, 5.41) is 13.7. The maximum absolute atomic E-state index is 12.7. The summed E-state index contributed by atoms with van der Waals surface area (Å²) >= 11 is 6.69. The fourth-order valence-corrected chi connectivity index (χ4v) is 6.05. The number of nitrogens with zero attached hydrogens (tertiary/aromatic N) is 5. The van der Waals surface area contributed by atoms with Gasteiger partial charge in [-0.1, -0.05) is 60.6 Å². The Morgan fingerprint density at radius 3 is 2.73 bits per heavy atom. The van der Waals surface area contributed by atoms with Gasteiger partial charge < -0.3 is 4.90 Å². The van der Waals surface area contributed by atoms with Crippen LogP contribution in [0.15, 0.2) is 29.2 Å². The maximum atomic E-state index is 12.7. The average Bonchev–Trinajstić information content (AvgIpc) is 3.38. The first-order chi connectivity index (χ1) is 14.7. The molecule has 9 heteroatoms. The van der Waals surface area contributed by atoms with Crippen molar-refractivity contribution in [3.8, 4) is 0 Å². The standard InChI is InChI=1S/C21H24N6OS2/c28-20-18(30-21(29)27(20)13-19-22-24-25-23-19)11-14-5-7-17(8-6-14)26-10-9-15-3-1-2-4-16(15)12-26/h5-8,11,15-16H,1-4,9-10,12-13H2,(H,22,23,24,25)/b18-11-/t15-,16-/m0/s1. The second-order valence-corrected chi connectivity index (χ2v) is 9.90. The number of hydrogen-bond donors (Lipinski definition) is 1. The number of amides is 1. The summed E-state index contributed by atoms with van der Waals surface area (Å²) in [6.45, 7) is 2.56. The van der Waals surface area contributed by atoms with Crippen molar-refractivity contribution >= 4 is 46.0 Å². The Hall–Kier alpha value is -2.26. The molecule has 1 amide bonds. The third-order valence-electron chi connectivity index (χ3n) is 6.41. The zero-order chi connectivity index (χ0) is 20.5. The minimum atomic E-state index is -0.113. The Balaban J connectivity index is 1.26. The number of carbonyl (C=O) groups excluding carboxylic acids is 1. The van der Waals surface area contributed by atoms with Crippen LogP contribution in [0.4, 0.5) is 5.69 Å². The summed E-state index contributed by atoms with van der Waals surface area (Å²) in [6, 6.07) is 8.53. The molecule has 3 aliphatic rings. The molecule has 0 spiro atoms. The molecule has 1 N–H and O–H groups in total. The normalized spacial score (nSPS) is 25.8. The molecule has 5 rings (SSSR count). The van der Waals surface area contributed by atoms with E-state index in [1.807, 2.05) is 6.08 Å². The number of rotatable bonds is 4. The molecule has 0 unspecified atom stereocenters. The molecule has 1 aromatic carbocycles. The molecule has 2 saturated heterocycles. The van der Waals surface area contributed by atoms with Gasteiger partial charge in [-0.05, 0) is 48.4 Å². The molecule has 156 valence electrons. The highest BCUT2D eigenvalue weighted by Crippen LogP contribution is 2.38. The van der Waals surface area contributed by atoms with E-state index in [0.717, 1.165) is 23.9 Å². The lowest BCUT2D eigenvalue weighted by molar-refractivity contribution is -0.122. The van der Waals surface area contributed by atoms with Crippen LogP contribution in [0.25, 0.3) is 6.08 Å². The van der Waals surface area contributed by atoms with Gasteiger partial charge in [-0.15, -0.1) is 10.2 Å². The molecule has 2 atom stereocenters. The van der Waals surface area contributed by atoms with E-state index in [2.05, 4.69) is 49.8 Å². The summed E-state index contributed by atoms with van der Waals surface area (Å²) < 4.78 is 0.517. The smallest absolute Gasteiger partial charge is 0.266 e. The quantitative estimate of drug-likeness (QED) is 0.575. The number of H-pyrrole nitrogens is 1. The van der Waals surface area contributed by atoms with E-state index in [9.17, 15) is 4.79 Å². The van der Waals surface area contributed by atoms with Crippen LogP contribution in [0.5, 0.6) is 0 Å². The Bertz CT molecular complexity index is 958. The van der Waals surface area contributed by atoms with Crippen LogP contribution >= 0.6 is 24.0 Å². The molecule has 2 aromatic rings. The third kappa shape index (κ3) is 4.00. The van der Waals surface area contributed by atoms with E-state index < -0.39 is 0 Å². The van der Waals surface area contributed by atoms with E-state index >= 15 is 0 Å². The van der Waals surface area contributed by atoms with Crippen molar-refractivity contribution in [3.05, 3.63) is 40.6 Å². The van der Waals surface area contributed by atoms with Crippen molar-refractivity contribution in [1.82, 2.24) is 25.5 Å². The van der Waals surface area contributed by atoms with E-state index in [1.165, 1.54) is 61.0 Å². The lowest BCUT2D eigenvalue weighted by Gasteiger charge is -2.42. The third-order valence-corrected chi connectivity index (χ3v) is 7.79. The summed E-state index contributed by atoms with van der Waals surface area (Å²) in [6.07, 6.45) is 8.82. The largest absolute Gasteiger partial charge is 0.371 e. The van der Waals surface area contributed by atoms with Gasteiger partial charge in [0.15, 0.2) is 5.82 Å². The molecule has 2 aliphatic heterocycles. The zero-order valence-corrected chi connectivity index (χ0v) is 18.3. The number of carbonyl (C=O) groups is 1. The first-order valence-electron chi connectivity index (χ1n) is 10.5. The number of aromatic nitrogens is 4. The molecule has 0 radical (unpaired) electrons. The molecule has 3 heterocycles. The van der Waals surface area contributed by atoms with Gasteiger partial charge in [0.2, 0.25) is 0 Å². The van der Waals surface area contributed by atoms with Gasteiger partial charge in [-0.2, -0.15) is 5.21 Å². The highest BCUT2D eigenvalue weighted by atomic mass is 32.2. The molecule has 1 aromatic heterocycles. The second kappa shape index (κ2) is 8.47. The number of nitrogens with one attached hydrogen (secondary N) is 1. The van der Waals surface area contributed by atoms with Gasteiger partial charge in [0.25, 0.3) is 5.91 Å². The molecular weight excluding hydrogens is 416 g/mol. The molecule has 1 aliphatic carbocycles. The summed E-state index contributed by atoms with van der Waals surface area (Å²) in [5.74, 6) is 2.12. The first-order valence-corrected chi connectivity index (χ1v) is 11.7. The molecular formula is C21H24N6OS2. The van der Waals surface area contributed by atoms with Gasteiger partial charge in [-0.3, -0.25) is 9.69 Å². The Labute approximate surface area is 185 Å². The van der Waals surface area contributed by atoms with Crippen LogP contribution in [-0.4, -0.2) is 48.8 Å². The molecule has 3 fully saturated rings. The van der Waals surface area contributed by atoms with Crippen LogP contribution < -0.4 is 4.90 Å². The highest BCUT2D eigenvalue weighted by molar-refractivity contribution is 8.26. The summed E-state index contributed by atoms with van der Waals surface area (Å²) in [4.78, 5) is 17.4. The predicted octanol–water partition coefficient (Wildman–Crippen LogP) is 3.62. The van der Waals surface area contributed by atoms with Gasteiger partial charge in [0, 0.05) is 18.8 Å². The number of thiocarbonyl (C=S) groups is 1. The first kappa shape index (κ1) is 19.7. The van der Waals surface area contributed by atoms with Gasteiger partial charge in [0.1, 0.15) is 4.32 Å². The topological polar surface area (TPSA) is 78.0 Å². The number of anilines is 1. The number of thioether (sulfide) groups is 1. The van der Waals surface area contributed by atoms with Crippen molar-refractivity contribution in [2.24, 2.45) is 11.8 Å². The fraction of sp³-hybridized carbons (Fsp3) is 0.476. The number of aromatic amines is 1. The number of hydrogen-bond acceptors (Lipinski definition) is 7. The second-order valence-electron chi connectivity index (χ2n) is 8.23. The van der Waals surface area contributed by atoms with Crippen LogP contribution in [0.3, 0.4) is 0 Å². The number of fused-ring (bicyclic) bond motifs is 1. The van der Waals surface area contributed by atoms with Crippen LogP contribution in [0, 0.1) is 11.8 Å². The fourth-order valence-electron chi connectivity index (χ4n) is 4.80. The number of benzene rings is 1. The number of piperidine rings is 1. The van der Waals surface area contributed by atoms with Gasteiger partial charge in [-0.25, -0.2) is 0 Å². The molecule has 30 heavy (non-hydrogen) atoms. The van der Waals surface area contributed by atoms with E-state index in [-0.39, 0.29) is 12.5 Å². The summed E-state index contributed by atoms with van der Waals surface area (Å²) in [5.41, 5.74) is 2.28. The van der Waals surface area contributed by atoms with Gasteiger partial charge >= 0.3 is 0 Å². The van der Waals surface area contributed by atoms with Crippen molar-refractivity contribution < 1.29 is 4.79 Å². The minimum absolute atomic E-state index is 0.113. The molecule has 0 bridgehead atoms. The lowest BCUT2D eigenvalue weighted by Crippen LogP contribution is -2.41. The Morgan fingerprint density at radius 1 is 1.17 bits per heavy atom. The average molecular weight is 441 g/mol.